The van der Waals surface area contributed by atoms with E-state index in [2.05, 4.69) is 0 Å². The molecule has 0 saturated carbocycles. The maximum Gasteiger partial charge on any atom is 0.152 e. The molecule has 0 amide bonds. The Morgan fingerprint density at radius 3 is 1.60 bits per heavy atom. The van der Waals surface area contributed by atoms with Crippen molar-refractivity contribution >= 4 is 17.4 Å². The van der Waals surface area contributed by atoms with E-state index < -0.39 is 0 Å². The van der Waals surface area contributed by atoms with Gasteiger partial charge in [0.2, 0.25) is 0 Å². The zero-order valence-corrected chi connectivity index (χ0v) is 5.42. The van der Waals surface area contributed by atoms with Crippen LogP contribution in [0.15, 0.2) is 5.34 Å². The molecule has 0 aromatic heterocycles. The van der Waals surface area contributed by atoms with E-state index >= 15 is 0 Å². The molecule has 0 atom stereocenters. The van der Waals surface area contributed by atoms with Crippen molar-refractivity contribution in [3.63, 3.8) is 0 Å². The molecule has 0 aliphatic carbocycles. The van der Waals surface area contributed by atoms with Crippen molar-refractivity contribution in [3.05, 3.63) is 4.91 Å². The van der Waals surface area contributed by atoms with Crippen LogP contribution in [0.4, 0.5) is 0 Å². The topological polar surface area (TPSA) is 49.7 Å². The van der Waals surface area contributed by atoms with Gasteiger partial charge in [0.25, 0.3) is 0 Å². The van der Waals surface area contributed by atoms with Crippen molar-refractivity contribution in [2.75, 3.05) is 0 Å². The third kappa shape index (κ3) is 58.6. The molecule has 0 aliphatic rings. The smallest absolute Gasteiger partial charge is 0.152 e. The van der Waals surface area contributed by atoms with Crippen LogP contribution in [0, 0.1) is 4.91 Å². The summed E-state index contributed by atoms with van der Waals surface area (Å²) in [6.45, 7) is 0. The average Bonchev–Trinajstić information content (AvgIpc) is 0.918. The molecule has 0 spiro atoms. The first-order valence-corrected chi connectivity index (χ1v) is 0.383. The van der Waals surface area contributed by atoms with Gasteiger partial charge in [-0.15, -0.1) is 4.91 Å². The normalized spacial score (nSPS) is 2.40. The Morgan fingerprint density at radius 2 is 1.60 bits per heavy atom. The Balaban J connectivity index is -0.0000000200. The Labute approximate surface area is 58.6 Å². The van der Waals surface area contributed by atoms with Crippen molar-refractivity contribution in [2.24, 2.45) is 5.34 Å². The molecule has 0 unspecified atom stereocenters. The predicted molar refractivity (Wildman–Crippen MR) is 13.3 cm³/mol. The van der Waals surface area contributed by atoms with Crippen LogP contribution in [-0.4, -0.2) is 22.6 Å². The third-order valence-corrected chi connectivity index (χ3v) is 0. The second kappa shape index (κ2) is 21.4. The Hall–Kier alpha value is 0.803. The van der Waals surface area contributed by atoms with Crippen LogP contribution >= 0.6 is 0 Å². The molecule has 0 aromatic rings. The number of hydrogen-bond donors (Lipinski definition) is 1. The summed E-state index contributed by atoms with van der Waals surface area (Å²) < 4.78 is 0. The fourth-order valence-corrected chi connectivity index (χ4v) is 0. The van der Waals surface area contributed by atoms with Gasteiger partial charge in [0.15, 0.2) is 5.34 Å². The minimum Gasteiger partial charge on any atom is -0.379 e. The molecule has 0 bridgehead atoms. The first-order chi connectivity index (χ1) is 1.41. The van der Waals surface area contributed by atoms with Crippen molar-refractivity contribution < 1.29 is 31.1 Å². The largest absolute Gasteiger partial charge is 0.379 e. The Kier molecular flexibility index (Phi) is 72.8. The monoisotopic (exact) mass is 119 g/mol. The van der Waals surface area contributed by atoms with Crippen molar-refractivity contribution in [3.8, 4) is 0 Å². The molecule has 1 N–H and O–H groups in total. The van der Waals surface area contributed by atoms with Gasteiger partial charge in [-0.05, 0) is 0 Å². The van der Waals surface area contributed by atoms with Crippen LogP contribution in [-0.2, 0) is 25.8 Å². The maximum absolute atomic E-state index is 8.11. The fraction of sp³-hybridized carbons (Fsp3) is 0. The van der Waals surface area contributed by atoms with E-state index in [0.717, 1.165) is 0 Å². The van der Waals surface area contributed by atoms with Crippen LogP contribution in [0.1, 0.15) is 0 Å². The molecule has 0 aromatic carbocycles. The molecule has 0 saturated heterocycles. The molecule has 3 nitrogen and oxygen atoms in total. The van der Waals surface area contributed by atoms with E-state index in [1.54, 1.807) is 0 Å². The first-order valence-electron chi connectivity index (χ1n) is 0.383. The summed E-state index contributed by atoms with van der Waals surface area (Å²) in [5.41, 5.74) is 0. The number of hydrogen-bond acceptors (Lipinski definition) is 2. The summed E-state index contributed by atoms with van der Waals surface area (Å²) in [5, 5.41) is 7.89. The van der Waals surface area contributed by atoms with E-state index in [1.165, 1.54) is 5.34 Å². The van der Waals surface area contributed by atoms with Gasteiger partial charge < -0.3 is 5.21 Å². The summed E-state index contributed by atoms with van der Waals surface area (Å²) in [6, 6.07) is 0. The van der Waals surface area contributed by atoms with Crippen LogP contribution in [0.2, 0.25) is 0 Å². The summed E-state index contributed by atoms with van der Waals surface area (Å²) in [4.78, 5) is 8.11. The van der Waals surface area contributed by atoms with Crippen molar-refractivity contribution in [1.82, 2.24) is 0 Å². The molecule has 0 heterocycles. The summed E-state index contributed by atoms with van der Waals surface area (Å²) >= 11 is 0. The van der Waals surface area contributed by atoms with Gasteiger partial charge >= 0.3 is 0 Å². The average molecular weight is 119 g/mol. The van der Waals surface area contributed by atoms with Gasteiger partial charge in [-0.3, -0.25) is 0 Å². The second-order valence-electron chi connectivity index (χ2n) is 0.0816. The zero-order chi connectivity index (χ0) is 2.71. The van der Waals surface area contributed by atoms with Crippen LogP contribution in [0.5, 0.6) is 0 Å². The summed E-state index contributed by atoms with van der Waals surface area (Å²) in [5.74, 6) is 0. The summed E-state index contributed by atoms with van der Waals surface area (Å²) in [6.07, 6.45) is 0. The molecular weight excluding hydrogens is 118 g/mol. The van der Waals surface area contributed by atoms with Crippen molar-refractivity contribution in [2.45, 2.75) is 0 Å². The first kappa shape index (κ1) is 17.0. The van der Waals surface area contributed by atoms with Crippen molar-refractivity contribution in [1.29, 1.82) is 0 Å². The van der Waals surface area contributed by atoms with Crippen LogP contribution < -0.4 is 0 Å². The van der Waals surface area contributed by atoms with Crippen LogP contribution in [0.25, 0.3) is 0 Å². The van der Waals surface area contributed by atoms with Gasteiger partial charge in [0.1, 0.15) is 0 Å². The minimum atomic E-state index is 0. The van der Waals surface area contributed by atoms with Gasteiger partial charge in [0, 0.05) is 43.2 Å². The van der Waals surface area contributed by atoms with Gasteiger partial charge in [-0.1, -0.05) is 0 Å². The number of nitrogens with zero attached hydrogens (tertiary/aromatic N) is 1. The fourth-order valence-electron chi connectivity index (χ4n) is 0. The molecule has 0 rings (SSSR count). The van der Waals surface area contributed by atoms with E-state index in [9.17, 15) is 0 Å². The van der Waals surface area contributed by atoms with Crippen LogP contribution in [0.3, 0.4) is 0 Å². The van der Waals surface area contributed by atoms with E-state index in [0.29, 0.717) is 0 Å². The summed E-state index contributed by atoms with van der Waals surface area (Å²) in [7, 11) is 0. The van der Waals surface area contributed by atoms with E-state index in [-0.39, 0.29) is 43.2 Å². The maximum atomic E-state index is 8.11. The Bertz CT molecular complexity index is 17.1. The van der Waals surface area contributed by atoms with E-state index in [1.807, 2.05) is 0 Å². The molecule has 0 fully saturated rings. The number of rotatable bonds is 0. The standard InChI is InChI=1S/Al.HNO2.Sc/c;2-1-3;/h;(H,2,3);. The van der Waals surface area contributed by atoms with Gasteiger partial charge in [-0.2, -0.15) is 0 Å². The zero-order valence-electron chi connectivity index (χ0n) is 2.46. The third-order valence-electron chi connectivity index (χ3n) is 0. The Morgan fingerprint density at radius 1 is 1.60 bits per heavy atom. The molecule has 0 aliphatic heterocycles. The quantitative estimate of drug-likeness (QED) is 0.271. The van der Waals surface area contributed by atoms with Gasteiger partial charge in [0.05, 0.1) is 0 Å². The SMILES string of the molecule is O=NO.[Al].[Sc]. The molecular formula is HAlNO2Sc. The van der Waals surface area contributed by atoms with Gasteiger partial charge in [-0.25, -0.2) is 0 Å². The minimum absolute atomic E-state index is 0. The predicted octanol–water partition coefficient (Wildman–Crippen LogP) is -0.241. The molecule has 4 radical (unpaired) electrons. The molecule has 5 heteroatoms. The van der Waals surface area contributed by atoms with E-state index in [4.69, 9.17) is 10.1 Å². The molecule has 5 heavy (non-hydrogen) atoms. The molecule has 24 valence electrons. The second-order valence-corrected chi connectivity index (χ2v) is 0.0816.